The van der Waals surface area contributed by atoms with E-state index < -0.39 is 6.10 Å². The van der Waals surface area contributed by atoms with Crippen molar-refractivity contribution in [2.75, 3.05) is 0 Å². The van der Waals surface area contributed by atoms with Gasteiger partial charge in [0.1, 0.15) is 11.9 Å². The quantitative estimate of drug-likeness (QED) is 0.913. The molecule has 18 heavy (non-hydrogen) atoms. The maximum atomic E-state index is 10.4. The van der Waals surface area contributed by atoms with Gasteiger partial charge in [-0.05, 0) is 58.3 Å². The van der Waals surface area contributed by atoms with Crippen LogP contribution in [0.15, 0.2) is 45.5 Å². The van der Waals surface area contributed by atoms with Crippen molar-refractivity contribution in [3.63, 3.8) is 0 Å². The van der Waals surface area contributed by atoms with Crippen LogP contribution in [0.5, 0.6) is 0 Å². The summed E-state index contributed by atoms with van der Waals surface area (Å²) >= 11 is 3.41. The Kier molecular flexibility index (Phi) is 3.27. The molecule has 2 atom stereocenters. The Morgan fingerprint density at radius 2 is 2.00 bits per heavy atom. The van der Waals surface area contributed by atoms with Crippen LogP contribution in [0.2, 0.25) is 0 Å². The lowest BCUT2D eigenvalue weighted by Gasteiger charge is -2.27. The maximum absolute atomic E-state index is 10.4. The predicted octanol–water partition coefficient (Wildman–Crippen LogP) is 3.88. The van der Waals surface area contributed by atoms with Gasteiger partial charge in [0.15, 0.2) is 0 Å². The highest BCUT2D eigenvalue weighted by molar-refractivity contribution is 9.10. The molecule has 0 spiro atoms. The van der Waals surface area contributed by atoms with Crippen LogP contribution in [-0.2, 0) is 12.8 Å². The minimum Gasteiger partial charge on any atom is -0.465 e. The fraction of sp³-hybridized carbons (Fsp3) is 0.333. The molecule has 1 aromatic carbocycles. The van der Waals surface area contributed by atoms with Crippen LogP contribution < -0.4 is 0 Å². The van der Waals surface area contributed by atoms with Crippen LogP contribution >= 0.6 is 15.9 Å². The van der Waals surface area contributed by atoms with Gasteiger partial charge in [-0.2, -0.15) is 0 Å². The first kappa shape index (κ1) is 12.0. The van der Waals surface area contributed by atoms with Gasteiger partial charge < -0.3 is 9.52 Å². The number of hydrogen-bond acceptors (Lipinski definition) is 2. The molecule has 1 aromatic heterocycles. The van der Waals surface area contributed by atoms with Crippen LogP contribution in [0.1, 0.15) is 29.4 Å². The number of rotatable bonds is 2. The monoisotopic (exact) mass is 306 g/mol. The van der Waals surface area contributed by atoms with Gasteiger partial charge in [0, 0.05) is 0 Å². The zero-order valence-electron chi connectivity index (χ0n) is 9.97. The predicted molar refractivity (Wildman–Crippen MR) is 73.3 cm³/mol. The fourth-order valence-corrected chi connectivity index (χ4v) is 3.16. The van der Waals surface area contributed by atoms with E-state index in [2.05, 4.69) is 40.2 Å². The summed E-state index contributed by atoms with van der Waals surface area (Å²) in [5, 5.41) is 10.4. The minimum atomic E-state index is -0.525. The molecule has 3 heteroatoms. The molecule has 2 aromatic rings. The summed E-state index contributed by atoms with van der Waals surface area (Å²) in [6.45, 7) is 0. The van der Waals surface area contributed by atoms with E-state index in [0.29, 0.717) is 5.76 Å². The summed E-state index contributed by atoms with van der Waals surface area (Å²) in [7, 11) is 0. The SMILES string of the molecule is OC(c1occc1Br)C1CCc2ccccc2C1. The largest absolute Gasteiger partial charge is 0.465 e. The molecule has 1 aliphatic rings. The van der Waals surface area contributed by atoms with Crippen LogP contribution in [0.4, 0.5) is 0 Å². The molecule has 0 aliphatic heterocycles. The van der Waals surface area contributed by atoms with E-state index in [0.717, 1.165) is 23.7 Å². The lowest BCUT2D eigenvalue weighted by Crippen LogP contribution is -2.21. The molecule has 1 aliphatic carbocycles. The zero-order chi connectivity index (χ0) is 12.5. The molecular weight excluding hydrogens is 292 g/mol. The molecule has 0 saturated heterocycles. The van der Waals surface area contributed by atoms with Crippen molar-refractivity contribution in [2.45, 2.75) is 25.4 Å². The standard InChI is InChI=1S/C15H15BrO2/c16-13-7-8-18-15(13)14(17)12-6-5-10-3-1-2-4-11(10)9-12/h1-4,7-8,12,14,17H,5-6,9H2. The van der Waals surface area contributed by atoms with Gasteiger partial charge in [-0.15, -0.1) is 0 Å². The van der Waals surface area contributed by atoms with Crippen LogP contribution in [0.3, 0.4) is 0 Å². The summed E-state index contributed by atoms with van der Waals surface area (Å²) in [6.07, 6.45) is 4.05. The highest BCUT2D eigenvalue weighted by atomic mass is 79.9. The Balaban J connectivity index is 1.82. The molecule has 0 amide bonds. The van der Waals surface area contributed by atoms with Gasteiger partial charge in [-0.25, -0.2) is 0 Å². The molecule has 3 rings (SSSR count). The van der Waals surface area contributed by atoms with Gasteiger partial charge in [0.25, 0.3) is 0 Å². The topological polar surface area (TPSA) is 33.4 Å². The Morgan fingerprint density at radius 3 is 2.72 bits per heavy atom. The normalized spacial score (nSPS) is 20.4. The van der Waals surface area contributed by atoms with Gasteiger partial charge in [-0.1, -0.05) is 24.3 Å². The van der Waals surface area contributed by atoms with E-state index >= 15 is 0 Å². The molecule has 1 N–H and O–H groups in total. The molecule has 2 nitrogen and oxygen atoms in total. The Bertz CT molecular complexity index is 547. The van der Waals surface area contributed by atoms with Gasteiger partial charge in [0.2, 0.25) is 0 Å². The van der Waals surface area contributed by atoms with Gasteiger partial charge in [0.05, 0.1) is 10.7 Å². The summed E-state index contributed by atoms with van der Waals surface area (Å²) in [5.41, 5.74) is 2.77. The van der Waals surface area contributed by atoms with E-state index in [1.165, 1.54) is 11.1 Å². The Hall–Kier alpha value is -1.06. The molecule has 0 fully saturated rings. The third-order valence-electron chi connectivity index (χ3n) is 3.74. The Labute approximate surface area is 115 Å². The molecule has 0 saturated carbocycles. The van der Waals surface area contributed by atoms with E-state index in [1.54, 1.807) is 6.26 Å². The molecule has 1 heterocycles. The first-order chi connectivity index (χ1) is 8.75. The summed E-state index contributed by atoms with van der Waals surface area (Å²) in [5.74, 6) is 0.890. The first-order valence-electron chi connectivity index (χ1n) is 6.23. The number of hydrogen-bond donors (Lipinski definition) is 1. The van der Waals surface area contributed by atoms with Crippen molar-refractivity contribution in [2.24, 2.45) is 5.92 Å². The average molecular weight is 307 g/mol. The maximum Gasteiger partial charge on any atom is 0.146 e. The second kappa shape index (κ2) is 4.90. The van der Waals surface area contributed by atoms with E-state index in [9.17, 15) is 5.11 Å². The number of fused-ring (bicyclic) bond motifs is 1. The van der Waals surface area contributed by atoms with E-state index in [1.807, 2.05) is 6.07 Å². The van der Waals surface area contributed by atoms with E-state index in [-0.39, 0.29) is 5.92 Å². The van der Waals surface area contributed by atoms with Crippen molar-refractivity contribution in [1.29, 1.82) is 0 Å². The highest BCUT2D eigenvalue weighted by Crippen LogP contribution is 2.36. The van der Waals surface area contributed by atoms with Crippen LogP contribution in [-0.4, -0.2) is 5.11 Å². The lowest BCUT2D eigenvalue weighted by molar-refractivity contribution is 0.0773. The summed E-state index contributed by atoms with van der Waals surface area (Å²) < 4.78 is 6.23. The lowest BCUT2D eigenvalue weighted by atomic mass is 9.80. The van der Waals surface area contributed by atoms with Gasteiger partial charge >= 0.3 is 0 Å². The molecule has 2 unspecified atom stereocenters. The van der Waals surface area contributed by atoms with Crippen molar-refractivity contribution in [1.82, 2.24) is 0 Å². The van der Waals surface area contributed by atoms with Crippen LogP contribution in [0, 0.1) is 5.92 Å². The Morgan fingerprint density at radius 1 is 1.22 bits per heavy atom. The average Bonchev–Trinajstić information content (AvgIpc) is 2.83. The molecule has 0 bridgehead atoms. The zero-order valence-corrected chi connectivity index (χ0v) is 11.6. The van der Waals surface area contributed by atoms with Crippen molar-refractivity contribution in [3.8, 4) is 0 Å². The smallest absolute Gasteiger partial charge is 0.146 e. The number of benzene rings is 1. The van der Waals surface area contributed by atoms with Crippen molar-refractivity contribution >= 4 is 15.9 Å². The number of aliphatic hydroxyl groups is 1. The molecule has 94 valence electrons. The van der Waals surface area contributed by atoms with Crippen LogP contribution in [0.25, 0.3) is 0 Å². The number of halogens is 1. The number of furan rings is 1. The van der Waals surface area contributed by atoms with Crippen molar-refractivity contribution in [3.05, 3.63) is 58.0 Å². The molecular formula is C15H15BrO2. The third-order valence-corrected chi connectivity index (χ3v) is 4.40. The second-order valence-electron chi connectivity index (χ2n) is 4.85. The first-order valence-corrected chi connectivity index (χ1v) is 7.02. The minimum absolute atomic E-state index is 0.238. The van der Waals surface area contributed by atoms with Crippen molar-refractivity contribution < 1.29 is 9.52 Å². The number of aliphatic hydroxyl groups excluding tert-OH is 1. The summed E-state index contributed by atoms with van der Waals surface area (Å²) in [6, 6.07) is 10.3. The third kappa shape index (κ3) is 2.13. The van der Waals surface area contributed by atoms with Gasteiger partial charge in [-0.3, -0.25) is 0 Å². The van der Waals surface area contributed by atoms with E-state index in [4.69, 9.17) is 4.42 Å². The molecule has 0 radical (unpaired) electrons. The number of aryl methyl sites for hydroxylation is 1. The second-order valence-corrected chi connectivity index (χ2v) is 5.70. The fourth-order valence-electron chi connectivity index (χ4n) is 2.73. The summed E-state index contributed by atoms with van der Waals surface area (Å²) in [4.78, 5) is 0. The highest BCUT2D eigenvalue weighted by Gasteiger charge is 2.28.